The van der Waals surface area contributed by atoms with Gasteiger partial charge in [0.2, 0.25) is 0 Å². The van der Waals surface area contributed by atoms with Gasteiger partial charge in [0, 0.05) is 55.6 Å². The minimum Gasteiger partial charge on any atom is -0.363 e. The SMILES string of the molecule is Cc1c(N2CCN(Cc3ccccc3F)CC2)c(=O)n(CC(N)c2ccccc2)c(=O)n1Cc1c(F)cccc1F. The average molecular weight is 564 g/mol. The number of anilines is 1. The number of hydrogen-bond acceptors (Lipinski definition) is 5. The van der Waals surface area contributed by atoms with Crippen molar-refractivity contribution in [3.63, 3.8) is 0 Å². The van der Waals surface area contributed by atoms with E-state index in [9.17, 15) is 22.8 Å². The molecule has 1 saturated heterocycles. The molecule has 1 fully saturated rings. The summed E-state index contributed by atoms with van der Waals surface area (Å²) in [4.78, 5) is 31.5. The Morgan fingerprint density at radius 2 is 1.37 bits per heavy atom. The molecule has 0 spiro atoms. The average Bonchev–Trinajstić information content (AvgIpc) is 2.97. The van der Waals surface area contributed by atoms with Gasteiger partial charge in [-0.1, -0.05) is 54.6 Å². The molecule has 0 saturated carbocycles. The number of halogens is 3. The molecule has 2 heterocycles. The molecule has 1 aromatic heterocycles. The molecule has 0 amide bonds. The zero-order valence-electron chi connectivity index (χ0n) is 22.8. The predicted molar refractivity (Wildman–Crippen MR) is 152 cm³/mol. The van der Waals surface area contributed by atoms with Gasteiger partial charge in [-0.05, 0) is 30.7 Å². The summed E-state index contributed by atoms with van der Waals surface area (Å²) in [5, 5.41) is 0. The lowest BCUT2D eigenvalue weighted by atomic mass is 10.1. The Balaban J connectivity index is 1.50. The van der Waals surface area contributed by atoms with Crippen LogP contribution in [-0.4, -0.2) is 40.2 Å². The van der Waals surface area contributed by atoms with Crippen LogP contribution in [0.1, 0.15) is 28.4 Å². The highest BCUT2D eigenvalue weighted by molar-refractivity contribution is 5.50. The lowest BCUT2D eigenvalue weighted by molar-refractivity contribution is 0.246. The summed E-state index contributed by atoms with van der Waals surface area (Å²) in [6.07, 6.45) is 0. The number of nitrogens with zero attached hydrogens (tertiary/aromatic N) is 4. The van der Waals surface area contributed by atoms with Gasteiger partial charge in [-0.25, -0.2) is 18.0 Å². The molecule has 214 valence electrons. The summed E-state index contributed by atoms with van der Waals surface area (Å²) in [6.45, 7) is 3.55. The van der Waals surface area contributed by atoms with Gasteiger partial charge in [0.25, 0.3) is 5.56 Å². The maximum absolute atomic E-state index is 14.6. The minimum atomic E-state index is -0.779. The van der Waals surface area contributed by atoms with Crippen LogP contribution in [0, 0.1) is 24.4 Å². The summed E-state index contributed by atoms with van der Waals surface area (Å²) in [7, 11) is 0. The number of aromatic nitrogens is 2. The summed E-state index contributed by atoms with van der Waals surface area (Å²) in [5.74, 6) is -1.83. The van der Waals surface area contributed by atoms with Crippen molar-refractivity contribution in [2.75, 3.05) is 31.1 Å². The van der Waals surface area contributed by atoms with Crippen LogP contribution in [0.2, 0.25) is 0 Å². The lowest BCUT2D eigenvalue weighted by Crippen LogP contribution is -2.51. The molecular weight excluding hydrogens is 531 g/mol. The van der Waals surface area contributed by atoms with Crippen LogP contribution in [0.3, 0.4) is 0 Å². The summed E-state index contributed by atoms with van der Waals surface area (Å²) in [6, 6.07) is 18.6. The molecule has 4 aromatic rings. The van der Waals surface area contributed by atoms with E-state index in [0.717, 1.165) is 22.3 Å². The van der Waals surface area contributed by atoms with Crippen LogP contribution >= 0.6 is 0 Å². The maximum atomic E-state index is 14.6. The largest absolute Gasteiger partial charge is 0.363 e. The first-order chi connectivity index (χ1) is 19.7. The molecule has 1 aliphatic heterocycles. The fourth-order valence-electron chi connectivity index (χ4n) is 5.34. The third kappa shape index (κ3) is 5.98. The van der Waals surface area contributed by atoms with E-state index >= 15 is 0 Å². The molecule has 3 aromatic carbocycles. The molecule has 0 bridgehead atoms. The van der Waals surface area contributed by atoms with Crippen molar-refractivity contribution in [3.8, 4) is 0 Å². The van der Waals surface area contributed by atoms with E-state index in [1.165, 1.54) is 16.7 Å². The number of hydrogen-bond donors (Lipinski definition) is 1. The lowest BCUT2D eigenvalue weighted by Gasteiger charge is -2.37. The summed E-state index contributed by atoms with van der Waals surface area (Å²) >= 11 is 0. The highest BCUT2D eigenvalue weighted by Crippen LogP contribution is 2.21. The van der Waals surface area contributed by atoms with E-state index in [1.807, 2.05) is 35.2 Å². The van der Waals surface area contributed by atoms with Crippen molar-refractivity contribution >= 4 is 5.69 Å². The second-order valence-electron chi connectivity index (χ2n) is 10.3. The maximum Gasteiger partial charge on any atom is 0.331 e. The van der Waals surface area contributed by atoms with Crippen LogP contribution in [0.4, 0.5) is 18.9 Å². The smallest absolute Gasteiger partial charge is 0.331 e. The summed E-state index contributed by atoms with van der Waals surface area (Å²) < 4.78 is 45.8. The third-order valence-electron chi connectivity index (χ3n) is 7.68. The Morgan fingerprint density at radius 3 is 2.02 bits per heavy atom. The van der Waals surface area contributed by atoms with Crippen LogP contribution < -0.4 is 21.9 Å². The van der Waals surface area contributed by atoms with Gasteiger partial charge in [0.15, 0.2) is 0 Å². The second kappa shape index (κ2) is 12.2. The number of piperazine rings is 1. The Bertz CT molecular complexity index is 1630. The van der Waals surface area contributed by atoms with Crippen molar-refractivity contribution in [1.29, 1.82) is 0 Å². The van der Waals surface area contributed by atoms with Gasteiger partial charge in [-0.2, -0.15) is 0 Å². The first-order valence-electron chi connectivity index (χ1n) is 13.5. The van der Waals surface area contributed by atoms with Crippen molar-refractivity contribution < 1.29 is 13.2 Å². The van der Waals surface area contributed by atoms with E-state index in [-0.39, 0.29) is 30.2 Å². The molecule has 1 unspecified atom stereocenters. The first kappa shape index (κ1) is 28.4. The molecule has 7 nitrogen and oxygen atoms in total. The van der Waals surface area contributed by atoms with E-state index in [0.29, 0.717) is 44.0 Å². The van der Waals surface area contributed by atoms with Crippen molar-refractivity contribution in [1.82, 2.24) is 14.0 Å². The fraction of sp³-hybridized carbons (Fsp3) is 0.290. The normalized spacial score (nSPS) is 14.8. The van der Waals surface area contributed by atoms with Gasteiger partial charge in [-0.15, -0.1) is 0 Å². The quantitative estimate of drug-likeness (QED) is 0.353. The Morgan fingerprint density at radius 1 is 0.756 bits per heavy atom. The summed E-state index contributed by atoms with van der Waals surface area (Å²) in [5.41, 5.74) is 6.88. The molecule has 41 heavy (non-hydrogen) atoms. The van der Waals surface area contributed by atoms with Crippen molar-refractivity contribution in [2.24, 2.45) is 5.73 Å². The van der Waals surface area contributed by atoms with Crippen LogP contribution in [0.5, 0.6) is 0 Å². The van der Waals surface area contributed by atoms with E-state index in [4.69, 9.17) is 5.73 Å². The Kier molecular flexibility index (Phi) is 8.41. The number of rotatable bonds is 8. The van der Waals surface area contributed by atoms with Crippen LogP contribution in [0.25, 0.3) is 0 Å². The van der Waals surface area contributed by atoms with Gasteiger partial charge in [-0.3, -0.25) is 18.8 Å². The molecule has 5 rings (SSSR count). The Hall–Kier alpha value is -4.15. The topological polar surface area (TPSA) is 76.5 Å². The predicted octanol–water partition coefficient (Wildman–Crippen LogP) is 3.81. The minimum absolute atomic E-state index is 0.109. The first-order valence-corrected chi connectivity index (χ1v) is 13.5. The Labute approximate surface area is 235 Å². The number of benzene rings is 3. The van der Waals surface area contributed by atoms with Gasteiger partial charge in [0.05, 0.1) is 13.1 Å². The molecule has 2 N–H and O–H groups in total. The van der Waals surface area contributed by atoms with Gasteiger partial charge in [0.1, 0.15) is 23.1 Å². The van der Waals surface area contributed by atoms with E-state index < -0.39 is 28.9 Å². The standard InChI is InChI=1S/C31H32F3N5O2/c1-21-29(37-16-14-36(15-17-37)18-23-10-5-6-11-25(23)32)30(40)39(20-28(35)22-8-3-2-4-9-22)31(41)38(21)19-24-26(33)12-7-13-27(24)34/h2-13,28H,14-20,35H2,1H3. The molecule has 1 atom stereocenters. The molecular formula is C31H32F3N5O2. The molecule has 0 radical (unpaired) electrons. The van der Waals surface area contributed by atoms with Gasteiger partial charge < -0.3 is 10.6 Å². The van der Waals surface area contributed by atoms with Crippen LogP contribution in [0.15, 0.2) is 82.4 Å². The highest BCUT2D eigenvalue weighted by Gasteiger charge is 2.27. The highest BCUT2D eigenvalue weighted by atomic mass is 19.1. The van der Waals surface area contributed by atoms with Gasteiger partial charge >= 0.3 is 5.69 Å². The van der Waals surface area contributed by atoms with E-state index in [2.05, 4.69) is 4.90 Å². The molecule has 10 heteroatoms. The fourth-order valence-corrected chi connectivity index (χ4v) is 5.34. The van der Waals surface area contributed by atoms with Crippen molar-refractivity contribution in [2.45, 2.75) is 32.6 Å². The molecule has 0 aliphatic carbocycles. The van der Waals surface area contributed by atoms with E-state index in [1.54, 1.807) is 25.1 Å². The van der Waals surface area contributed by atoms with Crippen molar-refractivity contribution in [3.05, 3.63) is 133 Å². The monoisotopic (exact) mass is 563 g/mol. The number of nitrogens with two attached hydrogens (primary N) is 1. The second-order valence-corrected chi connectivity index (χ2v) is 10.3. The zero-order valence-corrected chi connectivity index (χ0v) is 22.8. The zero-order chi connectivity index (χ0) is 29.1. The van der Waals surface area contributed by atoms with Crippen LogP contribution in [-0.2, 0) is 19.6 Å². The third-order valence-corrected chi connectivity index (χ3v) is 7.68. The molecule has 1 aliphatic rings.